The maximum atomic E-state index is 12.8. The zero-order chi connectivity index (χ0) is 26.9. The molecule has 3 amide bonds. The van der Waals surface area contributed by atoms with E-state index in [1.54, 1.807) is 19.9 Å². The van der Waals surface area contributed by atoms with Gasteiger partial charge in [-0.1, -0.05) is 6.07 Å². The van der Waals surface area contributed by atoms with Gasteiger partial charge in [0.05, 0.1) is 0 Å². The Morgan fingerprint density at radius 1 is 1.32 bits per heavy atom. The van der Waals surface area contributed by atoms with Gasteiger partial charge in [-0.2, -0.15) is 0 Å². The summed E-state index contributed by atoms with van der Waals surface area (Å²) in [6.07, 6.45) is 7.34. The van der Waals surface area contributed by atoms with Crippen molar-refractivity contribution in [3.05, 3.63) is 52.2 Å². The van der Waals surface area contributed by atoms with Crippen molar-refractivity contribution in [1.29, 1.82) is 0 Å². The number of amides is 3. The predicted molar refractivity (Wildman–Crippen MR) is 142 cm³/mol. The van der Waals surface area contributed by atoms with Crippen LogP contribution in [0.1, 0.15) is 64.0 Å². The number of nitrogens with one attached hydrogen (secondary N) is 2. The number of nitrogens with two attached hydrogens (primary N) is 1. The van der Waals surface area contributed by atoms with Crippen LogP contribution in [0.25, 0.3) is 0 Å². The Bertz CT molecular complexity index is 1140. The standard InChI is InChI=1S/C29H40N4O4/c1-17-5-8-23(35)13-24(17)29-9-10-33(15-21-6-7-21)20(4)25(29)12-22(26(14-29)31-16-34)11-18(2)28(37)32-19(3)27(30)36/h5,8,11,13,16,19-21,25,35H,6-7,9-10,12,14-15H2,1-4H3,(H2,30,36)(H,31,34)(H,32,37)/b18-11+. The van der Waals surface area contributed by atoms with Gasteiger partial charge in [0.25, 0.3) is 0 Å². The molecule has 1 saturated carbocycles. The number of primary amides is 1. The number of hydrogen-bond acceptors (Lipinski definition) is 5. The lowest BCUT2D eigenvalue weighted by molar-refractivity contribution is -0.124. The number of piperidine rings is 1. The molecule has 8 nitrogen and oxygen atoms in total. The van der Waals surface area contributed by atoms with Crippen LogP contribution in [0.15, 0.2) is 41.1 Å². The number of rotatable bonds is 9. The summed E-state index contributed by atoms with van der Waals surface area (Å²) in [4.78, 5) is 38.5. The predicted octanol–water partition coefficient (Wildman–Crippen LogP) is 2.79. The van der Waals surface area contributed by atoms with E-state index in [2.05, 4.69) is 29.4 Å². The SMILES string of the molecule is C/C(=C\C1=C(NC=O)CC2(c3cc(O)ccc3C)CCN(CC3CC3)C(C)C2C1)C(=O)NC(C)C(N)=O. The van der Waals surface area contributed by atoms with Gasteiger partial charge in [0.15, 0.2) is 0 Å². The van der Waals surface area contributed by atoms with Gasteiger partial charge in [-0.3, -0.25) is 14.4 Å². The highest BCUT2D eigenvalue weighted by Crippen LogP contribution is 2.54. The zero-order valence-electron chi connectivity index (χ0n) is 22.3. The first-order valence-corrected chi connectivity index (χ1v) is 13.3. The molecule has 0 radical (unpaired) electrons. The number of phenolic OH excluding ortho intramolecular Hbond substituents is 1. The van der Waals surface area contributed by atoms with E-state index in [0.29, 0.717) is 30.9 Å². The smallest absolute Gasteiger partial charge is 0.247 e. The Hall–Kier alpha value is -3.13. The first-order valence-electron chi connectivity index (χ1n) is 13.3. The Balaban J connectivity index is 1.75. The van der Waals surface area contributed by atoms with E-state index in [0.717, 1.165) is 47.8 Å². The highest BCUT2D eigenvalue weighted by molar-refractivity contribution is 5.96. The van der Waals surface area contributed by atoms with Crippen LogP contribution in [-0.2, 0) is 19.8 Å². The highest BCUT2D eigenvalue weighted by Gasteiger charge is 2.51. The molecule has 2 fully saturated rings. The topological polar surface area (TPSA) is 125 Å². The van der Waals surface area contributed by atoms with Gasteiger partial charge in [0.1, 0.15) is 11.8 Å². The molecular weight excluding hydrogens is 468 g/mol. The lowest BCUT2D eigenvalue weighted by atomic mass is 9.56. The van der Waals surface area contributed by atoms with Crippen molar-refractivity contribution in [1.82, 2.24) is 15.5 Å². The van der Waals surface area contributed by atoms with Crippen LogP contribution in [0.3, 0.4) is 0 Å². The number of nitrogens with zero attached hydrogens (tertiary/aromatic N) is 1. The molecule has 1 aliphatic heterocycles. The van der Waals surface area contributed by atoms with Crippen LogP contribution >= 0.6 is 0 Å². The number of aromatic hydroxyl groups is 1. The fraction of sp³-hybridized carbons (Fsp3) is 0.552. The maximum Gasteiger partial charge on any atom is 0.247 e. The lowest BCUT2D eigenvalue weighted by Crippen LogP contribution is -2.57. The number of allylic oxidation sites excluding steroid dienone is 3. The number of aryl methyl sites for hydroxylation is 1. The van der Waals surface area contributed by atoms with E-state index < -0.39 is 11.9 Å². The van der Waals surface area contributed by atoms with Crippen LogP contribution in [0.4, 0.5) is 0 Å². The number of likely N-dealkylation sites (tertiary alicyclic amines) is 1. The van der Waals surface area contributed by atoms with Crippen molar-refractivity contribution in [2.24, 2.45) is 17.6 Å². The molecule has 1 saturated heterocycles. The molecule has 37 heavy (non-hydrogen) atoms. The summed E-state index contributed by atoms with van der Waals surface area (Å²) in [5, 5.41) is 16.0. The number of phenols is 1. The van der Waals surface area contributed by atoms with E-state index in [1.165, 1.54) is 12.8 Å². The second kappa shape index (κ2) is 10.7. The van der Waals surface area contributed by atoms with Crippen molar-refractivity contribution in [3.8, 4) is 5.75 Å². The van der Waals surface area contributed by atoms with E-state index in [-0.39, 0.29) is 23.0 Å². The molecule has 4 unspecified atom stereocenters. The van der Waals surface area contributed by atoms with E-state index in [9.17, 15) is 19.5 Å². The van der Waals surface area contributed by atoms with E-state index >= 15 is 0 Å². The highest BCUT2D eigenvalue weighted by atomic mass is 16.3. The summed E-state index contributed by atoms with van der Waals surface area (Å²) in [6, 6.07) is 5.11. The number of carbonyl (C=O) groups excluding carboxylic acids is 3. The van der Waals surface area contributed by atoms with Gasteiger partial charge >= 0.3 is 0 Å². The first-order chi connectivity index (χ1) is 17.6. The Morgan fingerprint density at radius 2 is 2.05 bits per heavy atom. The summed E-state index contributed by atoms with van der Waals surface area (Å²) in [7, 11) is 0. The van der Waals surface area contributed by atoms with Crippen LogP contribution < -0.4 is 16.4 Å². The molecule has 1 aromatic rings. The third-order valence-corrected chi connectivity index (χ3v) is 8.74. The van der Waals surface area contributed by atoms with Gasteiger partial charge < -0.3 is 26.4 Å². The van der Waals surface area contributed by atoms with Gasteiger partial charge in [-0.15, -0.1) is 0 Å². The third kappa shape index (κ3) is 5.59. The minimum Gasteiger partial charge on any atom is -0.508 e. The zero-order valence-corrected chi connectivity index (χ0v) is 22.3. The summed E-state index contributed by atoms with van der Waals surface area (Å²) in [5.74, 6) is 0.291. The molecule has 4 atom stereocenters. The molecule has 8 heteroatoms. The minimum absolute atomic E-state index is 0.226. The molecule has 2 aliphatic carbocycles. The van der Waals surface area contributed by atoms with E-state index in [1.807, 2.05) is 18.2 Å². The average molecular weight is 509 g/mol. The van der Waals surface area contributed by atoms with Crippen LogP contribution in [0.2, 0.25) is 0 Å². The molecular formula is C29H40N4O4. The fourth-order valence-corrected chi connectivity index (χ4v) is 6.36. The van der Waals surface area contributed by atoms with Gasteiger partial charge in [-0.05, 0) is 113 Å². The lowest BCUT2D eigenvalue weighted by Gasteiger charge is -2.55. The normalized spacial score (nSPS) is 27.3. The fourth-order valence-electron chi connectivity index (χ4n) is 6.36. The Kier molecular flexibility index (Phi) is 7.78. The molecule has 4 rings (SSSR count). The van der Waals surface area contributed by atoms with Crippen LogP contribution in [-0.4, -0.2) is 53.4 Å². The average Bonchev–Trinajstić information content (AvgIpc) is 3.67. The summed E-state index contributed by atoms with van der Waals surface area (Å²) in [6.45, 7) is 9.72. The molecule has 3 aliphatic rings. The third-order valence-electron chi connectivity index (χ3n) is 8.74. The van der Waals surface area contributed by atoms with Crippen molar-refractivity contribution in [2.75, 3.05) is 13.1 Å². The number of benzene rings is 1. The molecule has 200 valence electrons. The number of hydrogen-bond donors (Lipinski definition) is 4. The van der Waals surface area contributed by atoms with E-state index in [4.69, 9.17) is 5.73 Å². The van der Waals surface area contributed by atoms with Crippen molar-refractivity contribution >= 4 is 18.2 Å². The van der Waals surface area contributed by atoms with Crippen molar-refractivity contribution in [3.63, 3.8) is 0 Å². The largest absolute Gasteiger partial charge is 0.508 e. The Labute approximate surface area is 219 Å². The van der Waals surface area contributed by atoms with Crippen LogP contribution in [0.5, 0.6) is 5.75 Å². The van der Waals surface area contributed by atoms with Crippen molar-refractivity contribution < 1.29 is 19.5 Å². The quantitative estimate of drug-likeness (QED) is 0.302. The summed E-state index contributed by atoms with van der Waals surface area (Å²) >= 11 is 0. The minimum atomic E-state index is -0.778. The Morgan fingerprint density at radius 3 is 2.70 bits per heavy atom. The molecule has 0 bridgehead atoms. The second-order valence-corrected chi connectivity index (χ2v) is 11.3. The molecule has 1 aromatic carbocycles. The monoisotopic (exact) mass is 508 g/mol. The summed E-state index contributed by atoms with van der Waals surface area (Å²) < 4.78 is 0. The molecule has 5 N–H and O–H groups in total. The number of fused-ring (bicyclic) bond motifs is 1. The molecule has 0 aromatic heterocycles. The summed E-state index contributed by atoms with van der Waals surface area (Å²) in [5.41, 5.74) is 9.50. The maximum absolute atomic E-state index is 12.8. The van der Waals surface area contributed by atoms with Gasteiger partial charge in [-0.25, -0.2) is 0 Å². The first kappa shape index (κ1) is 26.9. The number of carbonyl (C=O) groups is 3. The molecule has 0 spiro atoms. The molecule has 1 heterocycles. The van der Waals surface area contributed by atoms with Gasteiger partial charge in [0.2, 0.25) is 18.2 Å². The second-order valence-electron chi connectivity index (χ2n) is 11.3. The van der Waals surface area contributed by atoms with Crippen molar-refractivity contribution in [2.45, 2.75) is 77.3 Å². The van der Waals surface area contributed by atoms with Crippen LogP contribution in [0, 0.1) is 18.8 Å². The van der Waals surface area contributed by atoms with Gasteiger partial charge in [0, 0.05) is 29.3 Å².